The van der Waals surface area contributed by atoms with Crippen molar-refractivity contribution in [2.24, 2.45) is 5.92 Å². The van der Waals surface area contributed by atoms with E-state index in [-0.39, 0.29) is 17.7 Å². The molecule has 1 amide bonds. The van der Waals surface area contributed by atoms with Crippen LogP contribution in [0.4, 0.5) is 5.95 Å². The minimum atomic E-state index is -0.290. The van der Waals surface area contributed by atoms with Crippen LogP contribution in [-0.4, -0.2) is 26.9 Å². The molecule has 120 valence electrons. The number of anilines is 1. The van der Waals surface area contributed by atoms with Gasteiger partial charge in [0, 0.05) is 12.3 Å². The highest BCUT2D eigenvalue weighted by molar-refractivity contribution is 5.94. The van der Waals surface area contributed by atoms with Crippen LogP contribution in [0.1, 0.15) is 43.2 Å². The van der Waals surface area contributed by atoms with Gasteiger partial charge in [0.15, 0.2) is 0 Å². The lowest BCUT2D eigenvalue weighted by atomic mass is 9.94. The summed E-state index contributed by atoms with van der Waals surface area (Å²) in [5, 5.41) is 8.99. The molecule has 6 heteroatoms. The van der Waals surface area contributed by atoms with Gasteiger partial charge in [-0.3, -0.25) is 14.9 Å². The molecule has 1 heterocycles. The Morgan fingerprint density at radius 2 is 2.17 bits per heavy atom. The van der Waals surface area contributed by atoms with Gasteiger partial charge in [-0.2, -0.15) is 10.1 Å². The molecule has 3 rings (SSSR count). The lowest BCUT2D eigenvalue weighted by Gasteiger charge is -2.13. The third-order valence-electron chi connectivity index (χ3n) is 4.44. The van der Waals surface area contributed by atoms with Crippen LogP contribution in [0.15, 0.2) is 30.6 Å². The molecular weight excluding hydrogens is 292 g/mol. The fourth-order valence-electron chi connectivity index (χ4n) is 2.97. The summed E-state index contributed by atoms with van der Waals surface area (Å²) in [5.74, 6) is 0.475. The van der Waals surface area contributed by atoms with Crippen LogP contribution in [0.2, 0.25) is 0 Å². The van der Waals surface area contributed by atoms with Crippen molar-refractivity contribution in [1.82, 2.24) is 15.2 Å². The van der Waals surface area contributed by atoms with Crippen molar-refractivity contribution in [1.29, 1.82) is 0 Å². The van der Waals surface area contributed by atoms with E-state index in [2.05, 4.69) is 20.5 Å². The van der Waals surface area contributed by atoms with Crippen molar-refractivity contribution in [3.63, 3.8) is 0 Å². The number of benzene rings is 1. The van der Waals surface area contributed by atoms with E-state index in [1.165, 1.54) is 6.33 Å². The summed E-state index contributed by atoms with van der Waals surface area (Å²) >= 11 is 0. The number of ketones is 1. The highest BCUT2D eigenvalue weighted by Crippen LogP contribution is 2.26. The standard InChI is InChI=1S/C17H20N4O2/c1-11(16(23)20-17-18-10-19-21-17)13-7-5-12(6-8-13)9-14-3-2-4-15(14)22/h5-8,10-11,14H,2-4,9H2,1H3,(H2,18,19,20,21,23). The molecule has 2 atom stereocenters. The molecule has 6 nitrogen and oxygen atoms in total. The molecule has 23 heavy (non-hydrogen) atoms. The first kappa shape index (κ1) is 15.4. The number of nitrogens with one attached hydrogen (secondary N) is 2. The molecule has 1 aromatic heterocycles. The number of H-pyrrole nitrogens is 1. The number of carbonyl (C=O) groups excluding carboxylic acids is 2. The van der Waals surface area contributed by atoms with Crippen molar-refractivity contribution in [2.75, 3.05) is 5.32 Å². The molecule has 0 spiro atoms. The highest BCUT2D eigenvalue weighted by Gasteiger charge is 2.24. The lowest BCUT2D eigenvalue weighted by molar-refractivity contribution is -0.120. The van der Waals surface area contributed by atoms with Gasteiger partial charge in [-0.25, -0.2) is 5.10 Å². The molecule has 2 unspecified atom stereocenters. The minimum absolute atomic E-state index is 0.138. The summed E-state index contributed by atoms with van der Waals surface area (Å²) in [7, 11) is 0. The molecule has 0 bridgehead atoms. The third kappa shape index (κ3) is 3.64. The SMILES string of the molecule is CC(C(=O)Nc1ncn[nH]1)c1ccc(CC2CCCC2=O)cc1. The Morgan fingerprint density at radius 1 is 1.39 bits per heavy atom. The van der Waals surface area contributed by atoms with Gasteiger partial charge in [0.1, 0.15) is 12.1 Å². The predicted molar refractivity (Wildman–Crippen MR) is 85.9 cm³/mol. The molecule has 1 aliphatic rings. The predicted octanol–water partition coefficient (Wildman–Crippen LogP) is 2.46. The number of amides is 1. The maximum absolute atomic E-state index is 12.2. The van der Waals surface area contributed by atoms with Gasteiger partial charge in [0.05, 0.1) is 5.92 Å². The Bertz CT molecular complexity index is 679. The second-order valence-corrected chi connectivity index (χ2v) is 6.05. The van der Waals surface area contributed by atoms with E-state index in [4.69, 9.17) is 0 Å². The van der Waals surface area contributed by atoms with Crippen molar-refractivity contribution < 1.29 is 9.59 Å². The molecule has 2 N–H and O–H groups in total. The van der Waals surface area contributed by atoms with Gasteiger partial charge in [-0.15, -0.1) is 0 Å². The van der Waals surface area contributed by atoms with E-state index in [9.17, 15) is 9.59 Å². The van der Waals surface area contributed by atoms with Crippen molar-refractivity contribution in [2.45, 2.75) is 38.5 Å². The summed E-state index contributed by atoms with van der Waals surface area (Å²) in [6.45, 7) is 1.85. The number of rotatable bonds is 5. The van der Waals surface area contributed by atoms with E-state index in [1.54, 1.807) is 0 Å². The maximum atomic E-state index is 12.2. The average molecular weight is 312 g/mol. The van der Waals surface area contributed by atoms with E-state index >= 15 is 0 Å². The average Bonchev–Trinajstić information content (AvgIpc) is 3.20. The first-order valence-electron chi connectivity index (χ1n) is 7.91. The molecule has 1 fully saturated rings. The number of aromatic nitrogens is 3. The Labute approximate surface area is 134 Å². The molecule has 1 aromatic carbocycles. The van der Waals surface area contributed by atoms with Crippen molar-refractivity contribution in [3.05, 3.63) is 41.7 Å². The zero-order valence-corrected chi connectivity index (χ0v) is 13.1. The Balaban J connectivity index is 1.61. The van der Waals surface area contributed by atoms with E-state index in [1.807, 2.05) is 31.2 Å². The summed E-state index contributed by atoms with van der Waals surface area (Å²) in [6, 6.07) is 7.94. The zero-order valence-electron chi connectivity index (χ0n) is 13.1. The topological polar surface area (TPSA) is 87.7 Å². The number of carbonyl (C=O) groups is 2. The van der Waals surface area contributed by atoms with Crippen LogP contribution in [0, 0.1) is 5.92 Å². The molecule has 0 radical (unpaired) electrons. The smallest absolute Gasteiger partial charge is 0.233 e. The van der Waals surface area contributed by atoms with Crippen LogP contribution >= 0.6 is 0 Å². The molecule has 1 saturated carbocycles. The molecule has 1 aliphatic carbocycles. The Morgan fingerprint density at radius 3 is 2.78 bits per heavy atom. The van der Waals surface area contributed by atoms with Gasteiger partial charge in [-0.1, -0.05) is 24.3 Å². The minimum Gasteiger partial charge on any atom is -0.299 e. The highest BCUT2D eigenvalue weighted by atomic mass is 16.2. The molecule has 0 saturated heterocycles. The Hall–Kier alpha value is -2.50. The van der Waals surface area contributed by atoms with Crippen LogP contribution in [0.3, 0.4) is 0 Å². The van der Waals surface area contributed by atoms with Crippen LogP contribution in [0.5, 0.6) is 0 Å². The number of hydrogen-bond acceptors (Lipinski definition) is 4. The number of Topliss-reactive ketones (excluding diaryl/α,β-unsaturated/α-hetero) is 1. The lowest BCUT2D eigenvalue weighted by Crippen LogP contribution is -2.19. The second kappa shape index (κ2) is 6.73. The van der Waals surface area contributed by atoms with Crippen LogP contribution in [-0.2, 0) is 16.0 Å². The van der Waals surface area contributed by atoms with Crippen molar-refractivity contribution >= 4 is 17.6 Å². The largest absolute Gasteiger partial charge is 0.299 e. The van der Waals surface area contributed by atoms with E-state index in [0.29, 0.717) is 11.7 Å². The number of hydrogen-bond donors (Lipinski definition) is 2. The normalized spacial score (nSPS) is 18.8. The van der Waals surface area contributed by atoms with Gasteiger partial charge in [0.2, 0.25) is 11.9 Å². The zero-order chi connectivity index (χ0) is 16.2. The van der Waals surface area contributed by atoms with Gasteiger partial charge in [0.25, 0.3) is 0 Å². The van der Waals surface area contributed by atoms with Gasteiger partial charge >= 0.3 is 0 Å². The maximum Gasteiger partial charge on any atom is 0.233 e. The van der Waals surface area contributed by atoms with Crippen LogP contribution in [0.25, 0.3) is 0 Å². The first-order chi connectivity index (χ1) is 11.1. The monoisotopic (exact) mass is 312 g/mol. The number of nitrogens with zero attached hydrogens (tertiary/aromatic N) is 2. The summed E-state index contributed by atoms with van der Waals surface area (Å²) in [5.41, 5.74) is 2.08. The van der Waals surface area contributed by atoms with E-state index in [0.717, 1.165) is 36.8 Å². The van der Waals surface area contributed by atoms with E-state index < -0.39 is 0 Å². The second-order valence-electron chi connectivity index (χ2n) is 6.05. The fraction of sp³-hybridized carbons (Fsp3) is 0.412. The number of aromatic amines is 1. The molecule has 0 aliphatic heterocycles. The summed E-state index contributed by atoms with van der Waals surface area (Å²) in [6.07, 6.45) is 4.88. The molecule has 2 aromatic rings. The van der Waals surface area contributed by atoms with Gasteiger partial charge < -0.3 is 0 Å². The summed E-state index contributed by atoms with van der Waals surface area (Å²) < 4.78 is 0. The quantitative estimate of drug-likeness (QED) is 0.887. The fourth-order valence-corrected chi connectivity index (χ4v) is 2.97. The van der Waals surface area contributed by atoms with Crippen LogP contribution < -0.4 is 5.32 Å². The summed E-state index contributed by atoms with van der Waals surface area (Å²) in [4.78, 5) is 27.8. The van der Waals surface area contributed by atoms with Crippen molar-refractivity contribution in [3.8, 4) is 0 Å². The Kier molecular flexibility index (Phi) is 4.50. The third-order valence-corrected chi connectivity index (χ3v) is 4.44. The first-order valence-corrected chi connectivity index (χ1v) is 7.91. The van der Waals surface area contributed by atoms with Gasteiger partial charge in [-0.05, 0) is 37.3 Å². The molecular formula is C17H20N4O2.